The first-order valence-electron chi connectivity index (χ1n) is 6.05. The average Bonchev–Trinajstić information content (AvgIpc) is 3.05. The molecule has 0 aliphatic carbocycles. The standard InChI is InChI=1S/C13H13ClN2O2S/c1-18-9-3-5-16(7-9)13(17)10-6-8-2-4-15-12(14)11(8)19-10/h2,4,6,9H,3,5,7H2,1H3. The minimum absolute atomic E-state index is 0.0526. The number of nitrogens with zero attached hydrogens (tertiary/aromatic N) is 2. The van der Waals surface area contributed by atoms with Gasteiger partial charge in [-0.15, -0.1) is 11.3 Å². The number of rotatable bonds is 2. The summed E-state index contributed by atoms with van der Waals surface area (Å²) in [6.07, 6.45) is 2.71. The number of likely N-dealkylation sites (tertiary alicyclic amines) is 1. The molecule has 3 rings (SSSR count). The Morgan fingerprint density at radius 1 is 1.63 bits per heavy atom. The number of halogens is 1. The predicted molar refractivity (Wildman–Crippen MR) is 75.9 cm³/mol. The summed E-state index contributed by atoms with van der Waals surface area (Å²) in [5, 5.41) is 1.42. The maximum Gasteiger partial charge on any atom is 0.264 e. The van der Waals surface area contributed by atoms with Crippen molar-refractivity contribution in [3.63, 3.8) is 0 Å². The molecule has 0 saturated carbocycles. The maximum absolute atomic E-state index is 12.4. The molecule has 1 atom stereocenters. The fraction of sp³-hybridized carbons (Fsp3) is 0.385. The van der Waals surface area contributed by atoms with E-state index in [9.17, 15) is 4.79 Å². The molecule has 1 fully saturated rings. The topological polar surface area (TPSA) is 42.4 Å². The monoisotopic (exact) mass is 296 g/mol. The molecule has 3 heterocycles. The van der Waals surface area contributed by atoms with Crippen LogP contribution in [-0.2, 0) is 4.74 Å². The average molecular weight is 297 g/mol. The van der Waals surface area contributed by atoms with Gasteiger partial charge >= 0.3 is 0 Å². The van der Waals surface area contributed by atoms with Gasteiger partial charge in [-0.25, -0.2) is 4.98 Å². The van der Waals surface area contributed by atoms with E-state index in [1.54, 1.807) is 13.3 Å². The van der Waals surface area contributed by atoms with Crippen molar-refractivity contribution < 1.29 is 9.53 Å². The number of aromatic nitrogens is 1. The van der Waals surface area contributed by atoms with Gasteiger partial charge in [0.05, 0.1) is 15.7 Å². The third-order valence-electron chi connectivity index (χ3n) is 3.37. The largest absolute Gasteiger partial charge is 0.380 e. The summed E-state index contributed by atoms with van der Waals surface area (Å²) >= 11 is 7.44. The highest BCUT2D eigenvalue weighted by atomic mass is 35.5. The smallest absolute Gasteiger partial charge is 0.264 e. The molecule has 1 aliphatic heterocycles. The van der Waals surface area contributed by atoms with Crippen LogP contribution in [0.3, 0.4) is 0 Å². The van der Waals surface area contributed by atoms with Crippen molar-refractivity contribution in [2.24, 2.45) is 0 Å². The number of carbonyl (C=O) groups is 1. The number of pyridine rings is 1. The molecule has 1 unspecified atom stereocenters. The molecule has 0 bridgehead atoms. The highest BCUT2D eigenvalue weighted by molar-refractivity contribution is 7.21. The van der Waals surface area contributed by atoms with Gasteiger partial charge in [0.1, 0.15) is 5.15 Å². The Hall–Kier alpha value is -1.17. The van der Waals surface area contributed by atoms with E-state index in [-0.39, 0.29) is 12.0 Å². The lowest BCUT2D eigenvalue weighted by Crippen LogP contribution is -2.29. The first-order chi connectivity index (χ1) is 9.19. The van der Waals surface area contributed by atoms with Crippen molar-refractivity contribution in [1.82, 2.24) is 9.88 Å². The maximum atomic E-state index is 12.4. The summed E-state index contributed by atoms with van der Waals surface area (Å²) in [6.45, 7) is 1.41. The van der Waals surface area contributed by atoms with Gasteiger partial charge in [0.25, 0.3) is 5.91 Å². The van der Waals surface area contributed by atoms with Crippen molar-refractivity contribution in [2.45, 2.75) is 12.5 Å². The fourth-order valence-corrected chi connectivity index (χ4v) is 3.58. The summed E-state index contributed by atoms with van der Waals surface area (Å²) in [5.74, 6) is 0.0526. The van der Waals surface area contributed by atoms with E-state index in [2.05, 4.69) is 4.98 Å². The molecule has 1 aliphatic rings. The van der Waals surface area contributed by atoms with Gasteiger partial charge < -0.3 is 9.64 Å². The van der Waals surface area contributed by atoms with Crippen LogP contribution in [0.1, 0.15) is 16.1 Å². The molecule has 1 saturated heterocycles. The highest BCUT2D eigenvalue weighted by Crippen LogP contribution is 2.31. The quantitative estimate of drug-likeness (QED) is 0.800. The number of methoxy groups -OCH3 is 1. The second kappa shape index (κ2) is 5.07. The highest BCUT2D eigenvalue weighted by Gasteiger charge is 2.27. The van der Waals surface area contributed by atoms with Crippen molar-refractivity contribution in [2.75, 3.05) is 20.2 Å². The van der Waals surface area contributed by atoms with Crippen molar-refractivity contribution in [3.05, 3.63) is 28.4 Å². The van der Waals surface area contributed by atoms with E-state index in [0.29, 0.717) is 16.6 Å². The molecule has 4 nitrogen and oxygen atoms in total. The van der Waals surface area contributed by atoms with E-state index in [1.165, 1.54) is 11.3 Å². The van der Waals surface area contributed by atoms with Crippen LogP contribution in [0.2, 0.25) is 5.15 Å². The zero-order valence-corrected chi connectivity index (χ0v) is 12.0. The number of fused-ring (bicyclic) bond motifs is 1. The van der Waals surface area contributed by atoms with E-state index in [1.807, 2.05) is 17.0 Å². The first-order valence-corrected chi connectivity index (χ1v) is 7.24. The summed E-state index contributed by atoms with van der Waals surface area (Å²) in [4.78, 5) is 19.0. The molecule has 100 valence electrons. The SMILES string of the molecule is COC1CCN(C(=O)c2cc3ccnc(Cl)c3s2)C1. The van der Waals surface area contributed by atoms with E-state index >= 15 is 0 Å². The number of thiophene rings is 1. The summed E-state index contributed by atoms with van der Waals surface area (Å²) in [6, 6.07) is 3.76. The van der Waals surface area contributed by atoms with Gasteiger partial charge in [0, 0.05) is 26.4 Å². The van der Waals surface area contributed by atoms with Crippen LogP contribution in [0.25, 0.3) is 10.1 Å². The Balaban J connectivity index is 1.88. The minimum Gasteiger partial charge on any atom is -0.380 e. The van der Waals surface area contributed by atoms with Crippen molar-refractivity contribution in [1.29, 1.82) is 0 Å². The molecule has 6 heteroatoms. The molecule has 0 spiro atoms. The van der Waals surface area contributed by atoms with Crippen molar-refractivity contribution >= 4 is 38.9 Å². The molecule has 0 aromatic carbocycles. The van der Waals surface area contributed by atoms with Gasteiger partial charge in [-0.05, 0) is 23.9 Å². The lowest BCUT2D eigenvalue weighted by molar-refractivity contribution is 0.0728. The predicted octanol–water partition coefficient (Wildman–Crippen LogP) is 2.81. The molecule has 0 radical (unpaired) electrons. The van der Waals surface area contributed by atoms with Gasteiger partial charge in [0.15, 0.2) is 0 Å². The van der Waals surface area contributed by atoms with Crippen LogP contribution >= 0.6 is 22.9 Å². The Bertz CT molecular complexity index is 628. The van der Waals surface area contributed by atoms with Crippen LogP contribution < -0.4 is 0 Å². The number of hydrogen-bond donors (Lipinski definition) is 0. The third kappa shape index (κ3) is 2.33. The molecule has 1 amide bonds. The molecule has 0 N–H and O–H groups in total. The Labute approximate surface area is 119 Å². The Morgan fingerprint density at radius 3 is 3.16 bits per heavy atom. The second-order valence-electron chi connectivity index (χ2n) is 4.53. The fourth-order valence-electron chi connectivity index (χ4n) is 2.30. The van der Waals surface area contributed by atoms with Crippen LogP contribution in [-0.4, -0.2) is 42.1 Å². The summed E-state index contributed by atoms with van der Waals surface area (Å²) in [7, 11) is 1.68. The Morgan fingerprint density at radius 2 is 2.47 bits per heavy atom. The molecule has 19 heavy (non-hydrogen) atoms. The minimum atomic E-state index is 0.0526. The van der Waals surface area contributed by atoms with Crippen LogP contribution in [0.5, 0.6) is 0 Å². The molecular formula is C13H13ClN2O2S. The second-order valence-corrected chi connectivity index (χ2v) is 5.94. The zero-order valence-electron chi connectivity index (χ0n) is 10.4. The Kier molecular flexibility index (Phi) is 3.43. The number of carbonyl (C=O) groups excluding carboxylic acids is 1. The lowest BCUT2D eigenvalue weighted by atomic mass is 10.3. The normalized spacial score (nSPS) is 19.3. The molecular weight excluding hydrogens is 284 g/mol. The summed E-state index contributed by atoms with van der Waals surface area (Å²) < 4.78 is 6.15. The van der Waals surface area contributed by atoms with Crippen LogP contribution in [0.15, 0.2) is 18.3 Å². The summed E-state index contributed by atoms with van der Waals surface area (Å²) in [5.41, 5.74) is 0. The first kappa shape index (κ1) is 12.8. The van der Waals surface area contributed by atoms with Crippen LogP contribution in [0.4, 0.5) is 0 Å². The van der Waals surface area contributed by atoms with E-state index in [4.69, 9.17) is 16.3 Å². The zero-order chi connectivity index (χ0) is 13.4. The van der Waals surface area contributed by atoms with E-state index in [0.717, 1.165) is 23.1 Å². The van der Waals surface area contributed by atoms with Crippen LogP contribution in [0, 0.1) is 0 Å². The van der Waals surface area contributed by atoms with Gasteiger partial charge in [0.2, 0.25) is 0 Å². The lowest BCUT2D eigenvalue weighted by Gasteiger charge is -2.14. The van der Waals surface area contributed by atoms with Crippen molar-refractivity contribution in [3.8, 4) is 0 Å². The number of hydrogen-bond acceptors (Lipinski definition) is 4. The third-order valence-corrected chi connectivity index (χ3v) is 4.91. The van der Waals surface area contributed by atoms with Gasteiger partial charge in [-0.3, -0.25) is 4.79 Å². The van der Waals surface area contributed by atoms with Gasteiger partial charge in [-0.2, -0.15) is 0 Å². The number of ether oxygens (including phenoxy) is 1. The van der Waals surface area contributed by atoms with E-state index < -0.39 is 0 Å². The van der Waals surface area contributed by atoms with Gasteiger partial charge in [-0.1, -0.05) is 11.6 Å². The molecule has 2 aromatic rings. The molecule has 2 aromatic heterocycles. The number of amides is 1.